The monoisotopic (exact) mass is 261 g/mol. The van der Waals surface area contributed by atoms with E-state index in [1.165, 1.54) is 24.0 Å². The molecule has 0 radical (unpaired) electrons. The minimum absolute atomic E-state index is 0.379. The van der Waals surface area contributed by atoms with Gasteiger partial charge in [0.1, 0.15) is 5.75 Å². The van der Waals surface area contributed by atoms with Crippen LogP contribution < -0.4 is 4.74 Å². The molecule has 2 aromatic rings. The van der Waals surface area contributed by atoms with Gasteiger partial charge in [-0.05, 0) is 23.8 Å². The fraction of sp³-hybridized carbons (Fsp3) is 0.231. The van der Waals surface area contributed by atoms with Gasteiger partial charge in [0.15, 0.2) is 0 Å². The molecule has 1 aliphatic rings. The lowest BCUT2D eigenvalue weighted by molar-refractivity contribution is 0.0600. The summed E-state index contributed by atoms with van der Waals surface area (Å²) < 4.78 is 10.1. The van der Waals surface area contributed by atoms with Gasteiger partial charge >= 0.3 is 5.97 Å². The zero-order valence-corrected chi connectivity index (χ0v) is 10.6. The molecule has 0 amide bonds. The van der Waals surface area contributed by atoms with Gasteiger partial charge in [0.25, 0.3) is 0 Å². The zero-order valence-electron chi connectivity index (χ0n) is 9.80. The molecule has 0 bridgehead atoms. The number of ether oxygens (including phenoxy) is 2. The van der Waals surface area contributed by atoms with Crippen LogP contribution in [0.2, 0.25) is 0 Å². The van der Waals surface area contributed by atoms with E-state index in [4.69, 9.17) is 4.74 Å². The summed E-state index contributed by atoms with van der Waals surface area (Å²) in [6.45, 7) is 0.739. The Morgan fingerprint density at radius 1 is 1.50 bits per heavy atom. The number of thiazole rings is 1. The van der Waals surface area contributed by atoms with Crippen molar-refractivity contribution in [3.05, 3.63) is 34.2 Å². The van der Waals surface area contributed by atoms with Gasteiger partial charge in [-0.15, -0.1) is 11.3 Å². The molecule has 92 valence electrons. The first kappa shape index (κ1) is 11.2. The molecule has 18 heavy (non-hydrogen) atoms. The van der Waals surface area contributed by atoms with E-state index in [-0.39, 0.29) is 0 Å². The summed E-state index contributed by atoms with van der Waals surface area (Å²) in [6, 6.07) is 5.98. The Morgan fingerprint density at radius 2 is 2.39 bits per heavy atom. The van der Waals surface area contributed by atoms with Gasteiger partial charge in [0.2, 0.25) is 5.01 Å². The quantitative estimate of drug-likeness (QED) is 0.779. The highest BCUT2D eigenvalue weighted by Crippen LogP contribution is 2.31. The minimum Gasteiger partial charge on any atom is -0.493 e. The number of nitrogens with zero attached hydrogens (tertiary/aromatic N) is 1. The molecule has 0 unspecified atom stereocenters. The van der Waals surface area contributed by atoms with Crippen molar-refractivity contribution in [1.29, 1.82) is 0 Å². The lowest BCUT2D eigenvalue weighted by atomic mass is 10.1. The average Bonchev–Trinajstić information content (AvgIpc) is 3.05. The number of fused-ring (bicyclic) bond motifs is 1. The Balaban J connectivity index is 1.95. The van der Waals surface area contributed by atoms with Crippen LogP contribution in [-0.4, -0.2) is 24.7 Å². The number of benzene rings is 1. The van der Waals surface area contributed by atoms with Gasteiger partial charge in [-0.1, -0.05) is 0 Å². The number of methoxy groups -OCH3 is 1. The topological polar surface area (TPSA) is 48.4 Å². The highest BCUT2D eigenvalue weighted by Gasteiger charge is 2.15. The van der Waals surface area contributed by atoms with Crippen molar-refractivity contribution in [2.75, 3.05) is 13.7 Å². The predicted octanol–water partition coefficient (Wildman–Crippen LogP) is 2.53. The van der Waals surface area contributed by atoms with Crippen molar-refractivity contribution in [1.82, 2.24) is 4.98 Å². The summed E-state index contributed by atoms with van der Waals surface area (Å²) in [6.07, 6.45) is 0.928. The lowest BCUT2D eigenvalue weighted by Crippen LogP contribution is -1.99. The van der Waals surface area contributed by atoms with E-state index in [1.54, 1.807) is 0 Å². The van der Waals surface area contributed by atoms with E-state index in [1.807, 2.05) is 17.5 Å². The van der Waals surface area contributed by atoms with Crippen LogP contribution in [0.3, 0.4) is 0 Å². The van der Waals surface area contributed by atoms with Crippen LogP contribution in [0.1, 0.15) is 15.4 Å². The van der Waals surface area contributed by atoms with Crippen molar-refractivity contribution in [2.24, 2.45) is 0 Å². The molecule has 2 heterocycles. The second kappa shape index (κ2) is 4.42. The van der Waals surface area contributed by atoms with E-state index < -0.39 is 5.97 Å². The maximum absolute atomic E-state index is 11.4. The summed E-state index contributed by atoms with van der Waals surface area (Å²) in [5.74, 6) is 0.554. The molecule has 3 rings (SSSR count). The van der Waals surface area contributed by atoms with Crippen molar-refractivity contribution in [2.45, 2.75) is 6.42 Å². The molecule has 1 aromatic carbocycles. The second-order valence-electron chi connectivity index (χ2n) is 3.95. The van der Waals surface area contributed by atoms with Gasteiger partial charge in [-0.3, -0.25) is 0 Å². The first-order valence-corrected chi connectivity index (χ1v) is 6.46. The molecular weight excluding hydrogens is 250 g/mol. The SMILES string of the molecule is COC(=O)c1nc(-c2ccc3c(c2)CCO3)cs1. The van der Waals surface area contributed by atoms with Crippen LogP contribution in [0.4, 0.5) is 0 Å². The van der Waals surface area contributed by atoms with E-state index >= 15 is 0 Å². The van der Waals surface area contributed by atoms with Crippen LogP contribution in [0, 0.1) is 0 Å². The Hall–Kier alpha value is -1.88. The number of aromatic nitrogens is 1. The Bertz CT molecular complexity index is 606. The molecule has 4 nitrogen and oxygen atoms in total. The Labute approximate surface area is 108 Å². The third kappa shape index (κ3) is 1.86. The molecule has 5 heteroatoms. The van der Waals surface area contributed by atoms with Crippen molar-refractivity contribution in [3.63, 3.8) is 0 Å². The van der Waals surface area contributed by atoms with Gasteiger partial charge in [-0.25, -0.2) is 9.78 Å². The molecule has 0 fully saturated rings. The Kier molecular flexibility index (Phi) is 2.76. The third-order valence-electron chi connectivity index (χ3n) is 2.85. The third-order valence-corrected chi connectivity index (χ3v) is 3.67. The molecule has 0 N–H and O–H groups in total. The zero-order chi connectivity index (χ0) is 12.5. The maximum Gasteiger partial charge on any atom is 0.367 e. The number of carbonyl (C=O) groups excluding carboxylic acids is 1. The average molecular weight is 261 g/mol. The smallest absolute Gasteiger partial charge is 0.367 e. The molecule has 1 aliphatic heterocycles. The Morgan fingerprint density at radius 3 is 3.22 bits per heavy atom. The number of hydrogen-bond acceptors (Lipinski definition) is 5. The fourth-order valence-electron chi connectivity index (χ4n) is 1.93. The van der Waals surface area contributed by atoms with Crippen molar-refractivity contribution in [3.8, 4) is 17.0 Å². The minimum atomic E-state index is -0.393. The number of rotatable bonds is 2. The summed E-state index contributed by atoms with van der Waals surface area (Å²) in [7, 11) is 1.36. The van der Waals surface area contributed by atoms with E-state index in [9.17, 15) is 4.79 Å². The molecular formula is C13H11NO3S. The molecule has 0 spiro atoms. The normalized spacial score (nSPS) is 12.9. The highest BCUT2D eigenvalue weighted by molar-refractivity contribution is 7.11. The van der Waals surface area contributed by atoms with Gasteiger partial charge in [0, 0.05) is 17.4 Å². The van der Waals surface area contributed by atoms with E-state index in [0.717, 1.165) is 30.0 Å². The van der Waals surface area contributed by atoms with Gasteiger partial charge in [0.05, 0.1) is 19.4 Å². The lowest BCUT2D eigenvalue weighted by Gasteiger charge is -2.01. The maximum atomic E-state index is 11.4. The van der Waals surface area contributed by atoms with Crippen molar-refractivity contribution < 1.29 is 14.3 Å². The van der Waals surface area contributed by atoms with Crippen LogP contribution >= 0.6 is 11.3 Å². The second-order valence-corrected chi connectivity index (χ2v) is 4.81. The standard InChI is InChI=1S/C13H11NO3S/c1-16-13(15)12-14-10(7-18-12)8-2-3-11-9(6-8)4-5-17-11/h2-3,6-7H,4-5H2,1H3. The van der Waals surface area contributed by atoms with Gasteiger partial charge < -0.3 is 9.47 Å². The summed E-state index contributed by atoms with van der Waals surface area (Å²) >= 11 is 1.29. The fourth-order valence-corrected chi connectivity index (χ4v) is 2.68. The van der Waals surface area contributed by atoms with Crippen LogP contribution in [0.25, 0.3) is 11.3 Å². The summed E-state index contributed by atoms with van der Waals surface area (Å²) in [4.78, 5) is 15.6. The predicted molar refractivity (Wildman–Crippen MR) is 68.1 cm³/mol. The molecule has 1 aromatic heterocycles. The molecule has 0 aliphatic carbocycles. The van der Waals surface area contributed by atoms with Crippen LogP contribution in [-0.2, 0) is 11.2 Å². The van der Waals surface area contributed by atoms with Crippen LogP contribution in [0.15, 0.2) is 23.6 Å². The number of carbonyl (C=O) groups is 1. The number of hydrogen-bond donors (Lipinski definition) is 0. The first-order valence-electron chi connectivity index (χ1n) is 5.58. The first-order chi connectivity index (χ1) is 8.78. The molecule has 0 atom stereocenters. The van der Waals surface area contributed by atoms with Crippen molar-refractivity contribution >= 4 is 17.3 Å². The number of esters is 1. The molecule has 0 saturated carbocycles. The van der Waals surface area contributed by atoms with Gasteiger partial charge in [-0.2, -0.15) is 0 Å². The van der Waals surface area contributed by atoms with Crippen LogP contribution in [0.5, 0.6) is 5.75 Å². The summed E-state index contributed by atoms with van der Waals surface area (Å²) in [5, 5.41) is 2.24. The highest BCUT2D eigenvalue weighted by atomic mass is 32.1. The van der Waals surface area contributed by atoms with E-state index in [2.05, 4.69) is 15.8 Å². The summed E-state index contributed by atoms with van der Waals surface area (Å²) in [5.41, 5.74) is 3.00. The molecule has 0 saturated heterocycles. The largest absolute Gasteiger partial charge is 0.493 e. The van der Waals surface area contributed by atoms with E-state index in [0.29, 0.717) is 5.01 Å².